The molecule has 0 aliphatic rings. The molecule has 3 nitrogen and oxygen atoms in total. The maximum Gasteiger partial charge on any atom is 0.0962 e. The number of para-hydroxylation sites is 2. The summed E-state index contributed by atoms with van der Waals surface area (Å²) in [7, 11) is 0. The van der Waals surface area contributed by atoms with Crippen LogP contribution in [0.5, 0.6) is 0 Å². The van der Waals surface area contributed by atoms with Gasteiger partial charge in [0.2, 0.25) is 0 Å². The van der Waals surface area contributed by atoms with Crippen LogP contribution in [0.3, 0.4) is 0 Å². The van der Waals surface area contributed by atoms with Gasteiger partial charge in [-0.3, -0.25) is 4.98 Å². The molecule has 0 aliphatic heterocycles. The van der Waals surface area contributed by atoms with Crippen molar-refractivity contribution >= 4 is 27.0 Å². The van der Waals surface area contributed by atoms with E-state index in [4.69, 9.17) is 0 Å². The van der Waals surface area contributed by atoms with Crippen LogP contribution in [-0.4, -0.2) is 14.5 Å². The second kappa shape index (κ2) is 4.30. The normalized spacial score (nSPS) is 10.9. The first-order valence-electron chi connectivity index (χ1n) is 5.33. The Labute approximate surface area is 107 Å². The van der Waals surface area contributed by atoms with E-state index < -0.39 is 0 Å². The van der Waals surface area contributed by atoms with Gasteiger partial charge in [-0.15, -0.1) is 0 Å². The summed E-state index contributed by atoms with van der Waals surface area (Å²) in [5.41, 5.74) is 3.18. The zero-order valence-corrected chi connectivity index (χ0v) is 10.6. The van der Waals surface area contributed by atoms with Crippen LogP contribution in [0.25, 0.3) is 11.0 Å². The summed E-state index contributed by atoms with van der Waals surface area (Å²) in [5.74, 6) is 0. The van der Waals surface area contributed by atoms with Gasteiger partial charge in [0.15, 0.2) is 0 Å². The van der Waals surface area contributed by atoms with Crippen molar-refractivity contribution in [2.45, 2.75) is 6.54 Å². The minimum absolute atomic E-state index is 0.744. The van der Waals surface area contributed by atoms with Crippen molar-refractivity contribution < 1.29 is 0 Å². The van der Waals surface area contributed by atoms with E-state index in [9.17, 15) is 0 Å². The standard InChI is InChI=1S/C13H10BrN3/c14-10-5-6-11(15-7-10)8-17-9-16-12-3-1-2-4-13(12)17/h1-7,9H,8H2. The molecule has 0 radical (unpaired) electrons. The molecule has 2 aromatic heterocycles. The summed E-state index contributed by atoms with van der Waals surface area (Å²) < 4.78 is 3.10. The number of hydrogen-bond donors (Lipinski definition) is 0. The number of rotatable bonds is 2. The molecule has 3 aromatic rings. The molecule has 0 bridgehead atoms. The van der Waals surface area contributed by atoms with Gasteiger partial charge in [-0.05, 0) is 40.2 Å². The lowest BCUT2D eigenvalue weighted by Gasteiger charge is -2.03. The monoisotopic (exact) mass is 287 g/mol. The summed E-state index contributed by atoms with van der Waals surface area (Å²) in [6, 6.07) is 12.1. The van der Waals surface area contributed by atoms with Crippen molar-refractivity contribution in [2.75, 3.05) is 0 Å². The van der Waals surface area contributed by atoms with Crippen molar-refractivity contribution in [3.63, 3.8) is 0 Å². The fraction of sp³-hybridized carbons (Fsp3) is 0.0769. The van der Waals surface area contributed by atoms with Gasteiger partial charge in [0.25, 0.3) is 0 Å². The van der Waals surface area contributed by atoms with Gasteiger partial charge in [0, 0.05) is 10.7 Å². The lowest BCUT2D eigenvalue weighted by Crippen LogP contribution is -1.99. The molecule has 0 spiro atoms. The molecular weight excluding hydrogens is 278 g/mol. The van der Waals surface area contributed by atoms with Gasteiger partial charge in [0.1, 0.15) is 0 Å². The van der Waals surface area contributed by atoms with Crippen LogP contribution < -0.4 is 0 Å². The average Bonchev–Trinajstić information content (AvgIpc) is 2.76. The molecule has 0 fully saturated rings. The molecule has 0 amide bonds. The smallest absolute Gasteiger partial charge is 0.0962 e. The van der Waals surface area contributed by atoms with Crippen LogP contribution in [0.4, 0.5) is 0 Å². The lowest BCUT2D eigenvalue weighted by molar-refractivity contribution is 0.796. The average molecular weight is 288 g/mol. The van der Waals surface area contributed by atoms with Gasteiger partial charge in [-0.2, -0.15) is 0 Å². The second-order valence-electron chi connectivity index (χ2n) is 3.83. The number of fused-ring (bicyclic) bond motifs is 1. The van der Waals surface area contributed by atoms with E-state index >= 15 is 0 Å². The van der Waals surface area contributed by atoms with Crippen LogP contribution >= 0.6 is 15.9 Å². The summed E-state index contributed by atoms with van der Waals surface area (Å²) in [4.78, 5) is 8.72. The number of pyridine rings is 1. The van der Waals surface area contributed by atoms with Gasteiger partial charge in [-0.25, -0.2) is 4.98 Å². The molecule has 0 aliphatic carbocycles. The van der Waals surface area contributed by atoms with Crippen LogP contribution in [-0.2, 0) is 6.54 Å². The van der Waals surface area contributed by atoms with E-state index in [1.54, 1.807) is 0 Å². The Balaban J connectivity index is 1.97. The van der Waals surface area contributed by atoms with Crippen molar-refractivity contribution in [1.29, 1.82) is 0 Å². The Morgan fingerprint density at radius 2 is 1.94 bits per heavy atom. The van der Waals surface area contributed by atoms with Crippen molar-refractivity contribution in [3.05, 3.63) is 59.1 Å². The zero-order chi connectivity index (χ0) is 11.7. The van der Waals surface area contributed by atoms with Crippen molar-refractivity contribution in [2.24, 2.45) is 0 Å². The third kappa shape index (κ3) is 2.08. The Morgan fingerprint density at radius 1 is 1.06 bits per heavy atom. The topological polar surface area (TPSA) is 30.7 Å². The molecule has 2 heterocycles. The van der Waals surface area contributed by atoms with E-state index in [1.165, 1.54) is 0 Å². The Hall–Kier alpha value is -1.68. The first-order valence-corrected chi connectivity index (χ1v) is 6.12. The number of nitrogens with zero attached hydrogens (tertiary/aromatic N) is 3. The van der Waals surface area contributed by atoms with Crippen LogP contribution in [0.1, 0.15) is 5.69 Å². The summed E-state index contributed by atoms with van der Waals surface area (Å²) >= 11 is 3.38. The van der Waals surface area contributed by atoms with Gasteiger partial charge in [-0.1, -0.05) is 12.1 Å². The molecule has 0 N–H and O–H groups in total. The number of imidazole rings is 1. The minimum atomic E-state index is 0.744. The predicted molar refractivity (Wildman–Crippen MR) is 70.8 cm³/mol. The van der Waals surface area contributed by atoms with Gasteiger partial charge in [0.05, 0.1) is 29.6 Å². The van der Waals surface area contributed by atoms with Crippen LogP contribution in [0.2, 0.25) is 0 Å². The largest absolute Gasteiger partial charge is 0.324 e. The van der Waals surface area contributed by atoms with E-state index in [0.717, 1.165) is 27.7 Å². The third-order valence-electron chi connectivity index (χ3n) is 2.65. The first-order chi connectivity index (χ1) is 8.33. The van der Waals surface area contributed by atoms with Gasteiger partial charge >= 0.3 is 0 Å². The summed E-state index contributed by atoms with van der Waals surface area (Å²) in [5, 5.41) is 0. The van der Waals surface area contributed by atoms with E-state index in [0.29, 0.717) is 0 Å². The highest BCUT2D eigenvalue weighted by molar-refractivity contribution is 9.10. The van der Waals surface area contributed by atoms with Crippen LogP contribution in [0, 0.1) is 0 Å². The number of hydrogen-bond acceptors (Lipinski definition) is 2. The number of benzene rings is 1. The van der Waals surface area contributed by atoms with Crippen LogP contribution in [0.15, 0.2) is 53.4 Å². The first kappa shape index (κ1) is 10.5. The highest BCUT2D eigenvalue weighted by Gasteiger charge is 2.02. The minimum Gasteiger partial charge on any atom is -0.324 e. The highest BCUT2D eigenvalue weighted by Crippen LogP contribution is 2.14. The Bertz CT molecular complexity index is 643. The molecule has 0 saturated carbocycles. The fourth-order valence-electron chi connectivity index (χ4n) is 1.81. The predicted octanol–water partition coefficient (Wildman–Crippen LogP) is 3.24. The Kier molecular flexibility index (Phi) is 2.65. The summed E-state index contributed by atoms with van der Waals surface area (Å²) in [6.07, 6.45) is 3.67. The SMILES string of the molecule is Brc1ccc(Cn2cnc3ccccc32)nc1. The summed E-state index contributed by atoms with van der Waals surface area (Å²) in [6.45, 7) is 0.744. The van der Waals surface area contributed by atoms with Crippen molar-refractivity contribution in [3.8, 4) is 0 Å². The Morgan fingerprint density at radius 3 is 2.76 bits per heavy atom. The molecule has 1 aromatic carbocycles. The molecule has 0 saturated heterocycles. The highest BCUT2D eigenvalue weighted by atomic mass is 79.9. The lowest BCUT2D eigenvalue weighted by atomic mass is 10.3. The quantitative estimate of drug-likeness (QED) is 0.724. The molecule has 4 heteroatoms. The third-order valence-corrected chi connectivity index (χ3v) is 3.12. The molecule has 0 unspecified atom stereocenters. The van der Waals surface area contributed by atoms with E-state index in [2.05, 4.69) is 36.5 Å². The van der Waals surface area contributed by atoms with E-state index in [1.807, 2.05) is 42.9 Å². The maximum atomic E-state index is 4.36. The number of aromatic nitrogens is 3. The molecule has 0 atom stereocenters. The molecular formula is C13H10BrN3. The second-order valence-corrected chi connectivity index (χ2v) is 4.74. The molecule has 17 heavy (non-hydrogen) atoms. The maximum absolute atomic E-state index is 4.36. The zero-order valence-electron chi connectivity index (χ0n) is 9.05. The van der Waals surface area contributed by atoms with E-state index in [-0.39, 0.29) is 0 Å². The van der Waals surface area contributed by atoms with Crippen molar-refractivity contribution in [1.82, 2.24) is 14.5 Å². The fourth-order valence-corrected chi connectivity index (χ4v) is 2.05. The molecule has 84 valence electrons. The van der Waals surface area contributed by atoms with Gasteiger partial charge < -0.3 is 4.57 Å². The molecule has 3 rings (SSSR count). The number of halogens is 1.